The van der Waals surface area contributed by atoms with E-state index in [1.165, 1.54) is 11.1 Å². The van der Waals surface area contributed by atoms with Gasteiger partial charge in [-0.3, -0.25) is 4.79 Å². The van der Waals surface area contributed by atoms with Crippen molar-refractivity contribution in [2.24, 2.45) is 0 Å². The van der Waals surface area contributed by atoms with Crippen LogP contribution in [-0.4, -0.2) is 16.9 Å². The summed E-state index contributed by atoms with van der Waals surface area (Å²) in [5.74, 6) is 0.646. The molecule has 1 aliphatic rings. The number of rotatable bonds is 2. The summed E-state index contributed by atoms with van der Waals surface area (Å²) in [6.45, 7) is 6.30. The highest BCUT2D eigenvalue weighted by atomic mass is 79.9. The van der Waals surface area contributed by atoms with Crippen LogP contribution in [0.1, 0.15) is 50.2 Å². The molecule has 1 aliphatic heterocycles. The molecule has 2 rings (SSSR count). The number of alkyl halides is 1. The third kappa shape index (κ3) is 2.77. The number of esters is 1. The van der Waals surface area contributed by atoms with Crippen LogP contribution >= 0.6 is 15.9 Å². The van der Waals surface area contributed by atoms with Crippen LogP contribution in [0.15, 0.2) is 24.3 Å². The minimum atomic E-state index is -0.101. The zero-order valence-electron chi connectivity index (χ0n) is 11.0. The van der Waals surface area contributed by atoms with E-state index >= 15 is 0 Å². The van der Waals surface area contributed by atoms with E-state index in [-0.39, 0.29) is 22.8 Å². The third-order valence-corrected chi connectivity index (χ3v) is 4.95. The maximum absolute atomic E-state index is 11.5. The van der Waals surface area contributed by atoms with Gasteiger partial charge < -0.3 is 4.74 Å². The first-order valence-electron chi connectivity index (χ1n) is 6.42. The van der Waals surface area contributed by atoms with E-state index in [4.69, 9.17) is 4.74 Å². The van der Waals surface area contributed by atoms with Gasteiger partial charge in [0.15, 0.2) is 0 Å². The molecule has 1 saturated heterocycles. The van der Waals surface area contributed by atoms with Crippen molar-refractivity contribution in [1.29, 1.82) is 0 Å². The molecule has 3 heteroatoms. The molecule has 1 heterocycles. The number of hydrogen-bond donors (Lipinski definition) is 0. The van der Waals surface area contributed by atoms with Gasteiger partial charge in [0.05, 0.1) is 11.2 Å². The zero-order valence-corrected chi connectivity index (χ0v) is 12.6. The maximum atomic E-state index is 11.5. The largest absolute Gasteiger partial charge is 0.461 e. The number of carbonyl (C=O) groups is 1. The highest BCUT2D eigenvalue weighted by molar-refractivity contribution is 9.09. The quantitative estimate of drug-likeness (QED) is 0.610. The van der Waals surface area contributed by atoms with E-state index < -0.39 is 0 Å². The highest BCUT2D eigenvalue weighted by Gasteiger charge is 2.35. The number of hydrogen-bond acceptors (Lipinski definition) is 2. The van der Waals surface area contributed by atoms with E-state index in [1.807, 2.05) is 6.92 Å². The van der Waals surface area contributed by atoms with E-state index in [0.29, 0.717) is 12.3 Å². The Bertz CT molecular complexity index is 425. The molecule has 0 aliphatic carbocycles. The Kier molecular flexibility index (Phi) is 4.10. The minimum Gasteiger partial charge on any atom is -0.461 e. The Morgan fingerprint density at radius 3 is 2.44 bits per heavy atom. The number of halogens is 1. The summed E-state index contributed by atoms with van der Waals surface area (Å²) >= 11 is 3.65. The average Bonchev–Trinajstić information content (AvgIpc) is 2.34. The molecule has 1 unspecified atom stereocenters. The molecule has 18 heavy (non-hydrogen) atoms. The molecule has 1 fully saturated rings. The van der Waals surface area contributed by atoms with Crippen molar-refractivity contribution in [3.05, 3.63) is 35.4 Å². The minimum absolute atomic E-state index is 0.0685. The summed E-state index contributed by atoms with van der Waals surface area (Å²) in [7, 11) is 0. The molecule has 0 aromatic heterocycles. The van der Waals surface area contributed by atoms with Crippen LogP contribution in [0, 0.1) is 0 Å². The van der Waals surface area contributed by atoms with Gasteiger partial charge in [-0.2, -0.15) is 0 Å². The third-order valence-electron chi connectivity index (χ3n) is 3.57. The van der Waals surface area contributed by atoms with Crippen molar-refractivity contribution < 1.29 is 9.53 Å². The van der Waals surface area contributed by atoms with Crippen LogP contribution in [0.2, 0.25) is 0 Å². The Hall–Kier alpha value is -0.830. The molecule has 0 spiro atoms. The molecule has 0 N–H and O–H groups in total. The summed E-state index contributed by atoms with van der Waals surface area (Å²) in [5, 5.41) is 0. The predicted molar refractivity (Wildman–Crippen MR) is 76.2 cm³/mol. The van der Waals surface area contributed by atoms with Crippen LogP contribution in [0.3, 0.4) is 0 Å². The highest BCUT2D eigenvalue weighted by Crippen LogP contribution is 2.36. The van der Waals surface area contributed by atoms with Crippen molar-refractivity contribution in [3.8, 4) is 0 Å². The maximum Gasteiger partial charge on any atom is 0.306 e. The van der Waals surface area contributed by atoms with Gasteiger partial charge in [-0.15, -0.1) is 0 Å². The molecule has 0 bridgehead atoms. The fourth-order valence-corrected chi connectivity index (χ4v) is 2.97. The van der Waals surface area contributed by atoms with Crippen molar-refractivity contribution in [2.45, 2.75) is 50.0 Å². The lowest BCUT2D eigenvalue weighted by Gasteiger charge is -2.32. The second-order valence-corrected chi connectivity index (χ2v) is 6.33. The summed E-state index contributed by atoms with van der Waals surface area (Å²) in [6, 6.07) is 8.59. The molecule has 0 radical (unpaired) electrons. The molecule has 1 aromatic carbocycles. The smallest absolute Gasteiger partial charge is 0.306 e. The van der Waals surface area contributed by atoms with E-state index in [0.717, 1.165) is 0 Å². The number of cyclic esters (lactones) is 1. The Balaban J connectivity index is 2.21. The van der Waals surface area contributed by atoms with Gasteiger partial charge in [0.25, 0.3) is 0 Å². The van der Waals surface area contributed by atoms with Gasteiger partial charge in [0.1, 0.15) is 6.10 Å². The Morgan fingerprint density at radius 1 is 1.28 bits per heavy atom. The van der Waals surface area contributed by atoms with Crippen molar-refractivity contribution in [3.63, 3.8) is 0 Å². The fourth-order valence-electron chi connectivity index (χ4n) is 2.37. The Labute approximate surface area is 117 Å². The topological polar surface area (TPSA) is 26.3 Å². The first-order chi connectivity index (χ1) is 8.49. The predicted octanol–water partition coefficient (Wildman–Crippen LogP) is 3.99. The van der Waals surface area contributed by atoms with E-state index in [9.17, 15) is 4.79 Å². The lowest BCUT2D eigenvalue weighted by molar-refractivity contribution is -0.152. The van der Waals surface area contributed by atoms with Gasteiger partial charge in [-0.25, -0.2) is 0 Å². The van der Waals surface area contributed by atoms with Gasteiger partial charge in [-0.05, 0) is 24.0 Å². The SMILES string of the molecule is CC(C)c1ccc([C@@H]2CC(=O)O[C@H](C)C2Br)cc1. The van der Waals surface area contributed by atoms with Gasteiger partial charge >= 0.3 is 5.97 Å². The summed E-state index contributed by atoms with van der Waals surface area (Å²) in [5.41, 5.74) is 2.54. The van der Waals surface area contributed by atoms with Crippen molar-refractivity contribution in [2.75, 3.05) is 0 Å². The first-order valence-corrected chi connectivity index (χ1v) is 7.34. The zero-order chi connectivity index (χ0) is 13.3. The summed E-state index contributed by atoms with van der Waals surface area (Å²) < 4.78 is 5.23. The lowest BCUT2D eigenvalue weighted by Crippen LogP contribution is -2.36. The van der Waals surface area contributed by atoms with Crippen LogP contribution < -0.4 is 0 Å². The first kappa shape index (κ1) is 13.6. The molecular weight excluding hydrogens is 292 g/mol. The standard InChI is InChI=1S/C15H19BrO2/c1-9(2)11-4-6-12(7-5-11)13-8-14(17)18-10(3)15(13)16/h4-7,9-10,13,15H,8H2,1-3H3/t10-,13+,15?/m1/s1. The summed E-state index contributed by atoms with van der Waals surface area (Å²) in [4.78, 5) is 11.7. The van der Waals surface area contributed by atoms with E-state index in [2.05, 4.69) is 54.0 Å². The average molecular weight is 311 g/mol. The van der Waals surface area contributed by atoms with Crippen LogP contribution in [0.25, 0.3) is 0 Å². The van der Waals surface area contributed by atoms with E-state index in [1.54, 1.807) is 0 Å². The van der Waals surface area contributed by atoms with Crippen LogP contribution in [-0.2, 0) is 9.53 Å². The normalized spacial score (nSPS) is 28.3. The van der Waals surface area contributed by atoms with Gasteiger partial charge in [-0.1, -0.05) is 54.0 Å². The molecule has 2 nitrogen and oxygen atoms in total. The number of benzene rings is 1. The second-order valence-electron chi connectivity index (χ2n) is 5.27. The monoisotopic (exact) mass is 310 g/mol. The molecule has 98 valence electrons. The van der Waals surface area contributed by atoms with Crippen molar-refractivity contribution in [1.82, 2.24) is 0 Å². The molecular formula is C15H19BrO2. The molecule has 1 aromatic rings. The van der Waals surface area contributed by atoms with Gasteiger partial charge in [0, 0.05) is 5.92 Å². The number of ether oxygens (including phenoxy) is 1. The lowest BCUT2D eigenvalue weighted by atomic mass is 9.87. The molecule has 3 atom stereocenters. The fraction of sp³-hybridized carbons (Fsp3) is 0.533. The number of carbonyl (C=O) groups excluding carboxylic acids is 1. The Morgan fingerprint density at radius 2 is 1.89 bits per heavy atom. The van der Waals surface area contributed by atoms with Crippen LogP contribution in [0.4, 0.5) is 0 Å². The van der Waals surface area contributed by atoms with Crippen LogP contribution in [0.5, 0.6) is 0 Å². The van der Waals surface area contributed by atoms with Gasteiger partial charge in [0.2, 0.25) is 0 Å². The summed E-state index contributed by atoms with van der Waals surface area (Å²) in [6.07, 6.45) is 0.391. The molecule has 0 saturated carbocycles. The van der Waals surface area contributed by atoms with Crippen molar-refractivity contribution >= 4 is 21.9 Å². The second kappa shape index (κ2) is 5.43. The molecule has 0 amide bonds.